The number of carbonyl (C=O) groups excluding carboxylic acids is 1. The van der Waals surface area contributed by atoms with Gasteiger partial charge in [-0.1, -0.05) is 0 Å². The average molecular weight is 239 g/mol. The molecule has 0 aromatic heterocycles. The molecule has 17 heavy (non-hydrogen) atoms. The van der Waals surface area contributed by atoms with E-state index < -0.39 is 0 Å². The first kappa shape index (κ1) is 13.4. The van der Waals surface area contributed by atoms with Crippen LogP contribution in [0.4, 0.5) is 10.1 Å². The van der Waals surface area contributed by atoms with E-state index in [0.717, 1.165) is 0 Å². The molecule has 1 rings (SSSR count). The fraction of sp³-hybridized carbons (Fsp3) is 0.417. The van der Waals surface area contributed by atoms with Crippen LogP contribution in [0.15, 0.2) is 18.2 Å². The maximum Gasteiger partial charge on any atom is 0.239 e. The van der Waals surface area contributed by atoms with E-state index in [0.29, 0.717) is 17.8 Å². The summed E-state index contributed by atoms with van der Waals surface area (Å²) >= 11 is 0. The molecule has 1 amide bonds. The number of benzene rings is 1. The molecule has 0 radical (unpaired) electrons. The van der Waals surface area contributed by atoms with Gasteiger partial charge in [-0.15, -0.1) is 0 Å². The fourth-order valence-corrected chi connectivity index (χ4v) is 1.53. The summed E-state index contributed by atoms with van der Waals surface area (Å²) in [5.74, 6) is -0.431. The molecule has 0 spiro atoms. The summed E-state index contributed by atoms with van der Waals surface area (Å²) in [5.41, 5.74) is 6.83. The van der Waals surface area contributed by atoms with Gasteiger partial charge >= 0.3 is 0 Å². The number of amides is 1. The molecule has 1 aromatic rings. The van der Waals surface area contributed by atoms with Crippen LogP contribution >= 0.6 is 0 Å². The van der Waals surface area contributed by atoms with Crippen LogP contribution in [0.25, 0.3) is 0 Å². The molecule has 0 saturated carbocycles. The highest BCUT2D eigenvalue weighted by molar-refractivity contribution is 5.81. The van der Waals surface area contributed by atoms with Crippen molar-refractivity contribution in [2.24, 2.45) is 5.73 Å². The van der Waals surface area contributed by atoms with Gasteiger partial charge in [-0.3, -0.25) is 4.79 Å². The number of nitrogens with one attached hydrogen (secondary N) is 1. The van der Waals surface area contributed by atoms with Crippen LogP contribution in [0.3, 0.4) is 0 Å². The predicted octanol–water partition coefficient (Wildman–Crippen LogP) is 0.857. The molecule has 0 heterocycles. The van der Waals surface area contributed by atoms with Gasteiger partial charge in [-0.25, -0.2) is 4.39 Å². The lowest BCUT2D eigenvalue weighted by Crippen LogP contribution is -2.35. The van der Waals surface area contributed by atoms with Crippen molar-refractivity contribution < 1.29 is 9.18 Å². The van der Waals surface area contributed by atoms with E-state index in [-0.39, 0.29) is 24.8 Å². The minimum absolute atomic E-state index is 0.0893. The maximum atomic E-state index is 13.3. The van der Waals surface area contributed by atoms with E-state index in [4.69, 9.17) is 5.73 Å². The Morgan fingerprint density at radius 1 is 1.47 bits per heavy atom. The van der Waals surface area contributed by atoms with Gasteiger partial charge in [-0.2, -0.15) is 0 Å². The zero-order chi connectivity index (χ0) is 12.8. The van der Waals surface area contributed by atoms with Crippen LogP contribution < -0.4 is 16.0 Å². The average Bonchev–Trinajstić information content (AvgIpc) is 2.28. The molecular formula is C12H18FN3O. The first-order chi connectivity index (χ1) is 8.06. The van der Waals surface area contributed by atoms with E-state index in [1.165, 1.54) is 12.1 Å². The van der Waals surface area contributed by atoms with Gasteiger partial charge in [0.05, 0.1) is 6.54 Å². The lowest BCUT2D eigenvalue weighted by molar-refractivity contribution is -0.119. The van der Waals surface area contributed by atoms with Crippen molar-refractivity contribution in [1.29, 1.82) is 0 Å². The Morgan fingerprint density at radius 3 is 2.76 bits per heavy atom. The third-order valence-electron chi connectivity index (χ3n) is 2.37. The highest BCUT2D eigenvalue weighted by Crippen LogP contribution is 2.17. The second kappa shape index (κ2) is 6.20. The van der Waals surface area contributed by atoms with Gasteiger partial charge < -0.3 is 16.0 Å². The Bertz CT molecular complexity index is 395. The number of anilines is 1. The van der Waals surface area contributed by atoms with Gasteiger partial charge in [0.25, 0.3) is 0 Å². The highest BCUT2D eigenvalue weighted by Gasteiger charge is 2.08. The van der Waals surface area contributed by atoms with Crippen LogP contribution in [-0.4, -0.2) is 26.0 Å². The number of rotatable bonds is 5. The third kappa shape index (κ3) is 4.03. The second-order valence-corrected chi connectivity index (χ2v) is 3.83. The first-order valence-electron chi connectivity index (χ1n) is 5.54. The maximum absolute atomic E-state index is 13.3. The smallest absolute Gasteiger partial charge is 0.239 e. The van der Waals surface area contributed by atoms with Crippen molar-refractivity contribution in [3.63, 3.8) is 0 Å². The van der Waals surface area contributed by atoms with E-state index in [2.05, 4.69) is 5.32 Å². The molecule has 0 unspecified atom stereocenters. The SMILES string of the molecule is CCNC(=O)CN(C)c1cc(F)cc(CN)c1. The van der Waals surface area contributed by atoms with Gasteiger partial charge in [0, 0.05) is 25.8 Å². The number of nitrogens with zero attached hydrogens (tertiary/aromatic N) is 1. The van der Waals surface area contributed by atoms with Crippen LogP contribution in [0.5, 0.6) is 0 Å². The quantitative estimate of drug-likeness (QED) is 0.801. The summed E-state index contributed by atoms with van der Waals surface area (Å²) in [5, 5.41) is 2.69. The molecule has 0 saturated heterocycles. The molecule has 94 valence electrons. The zero-order valence-electron chi connectivity index (χ0n) is 10.2. The van der Waals surface area contributed by atoms with E-state index in [1.54, 1.807) is 18.0 Å². The van der Waals surface area contributed by atoms with Crippen molar-refractivity contribution in [3.05, 3.63) is 29.6 Å². The minimum atomic E-state index is -0.342. The summed E-state index contributed by atoms with van der Waals surface area (Å²) in [4.78, 5) is 13.1. The summed E-state index contributed by atoms with van der Waals surface area (Å²) < 4.78 is 13.3. The molecule has 5 heteroatoms. The van der Waals surface area contributed by atoms with E-state index in [9.17, 15) is 9.18 Å². The number of hydrogen-bond acceptors (Lipinski definition) is 3. The van der Waals surface area contributed by atoms with Gasteiger partial charge in [-0.05, 0) is 30.7 Å². The standard InChI is InChI=1S/C12H18FN3O/c1-3-15-12(17)8-16(2)11-5-9(7-14)4-10(13)6-11/h4-6H,3,7-8,14H2,1-2H3,(H,15,17). The van der Waals surface area contributed by atoms with Crippen LogP contribution in [0.2, 0.25) is 0 Å². The summed E-state index contributed by atoms with van der Waals surface area (Å²) in [6, 6.07) is 4.56. The normalized spacial score (nSPS) is 10.1. The summed E-state index contributed by atoms with van der Waals surface area (Å²) in [6.45, 7) is 2.91. The Morgan fingerprint density at radius 2 is 2.18 bits per heavy atom. The molecule has 0 aliphatic heterocycles. The van der Waals surface area contributed by atoms with E-state index in [1.807, 2.05) is 6.92 Å². The highest BCUT2D eigenvalue weighted by atomic mass is 19.1. The molecule has 4 nitrogen and oxygen atoms in total. The van der Waals surface area contributed by atoms with Crippen LogP contribution in [0, 0.1) is 5.82 Å². The lowest BCUT2D eigenvalue weighted by atomic mass is 10.2. The Balaban J connectivity index is 2.77. The fourth-order valence-electron chi connectivity index (χ4n) is 1.53. The van der Waals surface area contributed by atoms with Gasteiger partial charge in [0.2, 0.25) is 5.91 Å². The molecule has 0 atom stereocenters. The first-order valence-corrected chi connectivity index (χ1v) is 5.54. The molecule has 3 N–H and O–H groups in total. The number of halogens is 1. The summed E-state index contributed by atoms with van der Waals surface area (Å²) in [6.07, 6.45) is 0. The Labute approximate surface area is 101 Å². The lowest BCUT2D eigenvalue weighted by Gasteiger charge is -2.19. The Kier molecular flexibility index (Phi) is 4.90. The molecule has 1 aromatic carbocycles. The molecule has 0 fully saturated rings. The number of hydrogen-bond donors (Lipinski definition) is 2. The molecule has 0 aliphatic carbocycles. The van der Waals surface area contributed by atoms with E-state index >= 15 is 0 Å². The molecule has 0 aliphatic rings. The molecule has 0 bridgehead atoms. The Hall–Kier alpha value is -1.62. The largest absolute Gasteiger partial charge is 0.365 e. The van der Waals surface area contributed by atoms with Gasteiger partial charge in [0.1, 0.15) is 5.82 Å². The van der Waals surface area contributed by atoms with Crippen molar-refractivity contribution >= 4 is 11.6 Å². The number of carbonyl (C=O) groups is 1. The van der Waals surface area contributed by atoms with Crippen molar-refractivity contribution in [3.8, 4) is 0 Å². The minimum Gasteiger partial charge on any atom is -0.365 e. The zero-order valence-corrected chi connectivity index (χ0v) is 10.2. The third-order valence-corrected chi connectivity index (χ3v) is 2.37. The second-order valence-electron chi connectivity index (χ2n) is 3.83. The predicted molar refractivity (Wildman–Crippen MR) is 66.2 cm³/mol. The van der Waals surface area contributed by atoms with Crippen molar-refractivity contribution in [1.82, 2.24) is 5.32 Å². The summed E-state index contributed by atoms with van der Waals surface area (Å²) in [7, 11) is 1.74. The number of likely N-dealkylation sites (N-methyl/N-ethyl adjacent to an activating group) is 2. The van der Waals surface area contributed by atoms with Gasteiger partial charge in [0.15, 0.2) is 0 Å². The van der Waals surface area contributed by atoms with Crippen LogP contribution in [-0.2, 0) is 11.3 Å². The topological polar surface area (TPSA) is 58.4 Å². The van der Waals surface area contributed by atoms with Crippen molar-refractivity contribution in [2.75, 3.05) is 25.0 Å². The van der Waals surface area contributed by atoms with Crippen molar-refractivity contribution in [2.45, 2.75) is 13.5 Å². The monoisotopic (exact) mass is 239 g/mol. The molecular weight excluding hydrogens is 221 g/mol. The number of nitrogens with two attached hydrogens (primary N) is 1. The van der Waals surface area contributed by atoms with Crippen LogP contribution in [0.1, 0.15) is 12.5 Å².